The van der Waals surface area contributed by atoms with Gasteiger partial charge in [-0.2, -0.15) is 5.21 Å². The van der Waals surface area contributed by atoms with Gasteiger partial charge in [0.1, 0.15) is 11.0 Å². The fraction of sp³-hybridized carbons (Fsp3) is 0.435. The Hall–Kier alpha value is -2.50. The summed E-state index contributed by atoms with van der Waals surface area (Å²) in [6.45, 7) is 5.92. The molecule has 0 aliphatic carbocycles. The van der Waals surface area contributed by atoms with Crippen LogP contribution in [-0.4, -0.2) is 75.2 Å². The van der Waals surface area contributed by atoms with Gasteiger partial charge in [-0.1, -0.05) is 36.4 Å². The Bertz CT molecular complexity index is 1080. The van der Waals surface area contributed by atoms with E-state index in [1.54, 1.807) is 6.07 Å². The number of nitrogens with one attached hydrogen (secondary N) is 2. The number of rotatable bonds is 6. The molecule has 4 N–H and O–H groups in total. The number of nitrogens with zero attached hydrogens (tertiary/aromatic N) is 4. The molecule has 0 bridgehead atoms. The average molecular weight is 468 g/mol. The molecule has 3 aromatic rings. The lowest BCUT2D eigenvalue weighted by molar-refractivity contribution is 0.00129. The molecular formula is C23H29N7O2S. The van der Waals surface area contributed by atoms with Crippen LogP contribution < -0.4 is 10.5 Å². The molecule has 33 heavy (non-hydrogen) atoms. The Labute approximate surface area is 195 Å². The van der Waals surface area contributed by atoms with Gasteiger partial charge in [-0.3, -0.25) is 0 Å². The van der Waals surface area contributed by atoms with Gasteiger partial charge >= 0.3 is 0 Å². The SMILES string of the molecule is NS(=O)c1cccc(-c2ccc(C3CCN(CC4CNCCO4)CC3)cc2)c1-c1nn[nH]n1. The highest BCUT2D eigenvalue weighted by Crippen LogP contribution is 2.35. The maximum Gasteiger partial charge on any atom is 0.206 e. The molecule has 2 saturated heterocycles. The second-order valence-corrected chi connectivity index (χ2v) is 9.64. The minimum atomic E-state index is -1.66. The quantitative estimate of drug-likeness (QED) is 0.504. The van der Waals surface area contributed by atoms with Crippen molar-refractivity contribution in [3.8, 4) is 22.5 Å². The Kier molecular flexibility index (Phi) is 6.88. The Morgan fingerprint density at radius 2 is 1.97 bits per heavy atom. The monoisotopic (exact) mass is 467 g/mol. The second-order valence-electron chi connectivity index (χ2n) is 8.61. The van der Waals surface area contributed by atoms with Crippen molar-refractivity contribution in [2.75, 3.05) is 39.3 Å². The first-order chi connectivity index (χ1) is 16.2. The minimum Gasteiger partial charge on any atom is -0.374 e. The number of benzene rings is 2. The molecule has 0 saturated carbocycles. The number of nitrogens with two attached hydrogens (primary N) is 1. The molecular weight excluding hydrogens is 438 g/mol. The van der Waals surface area contributed by atoms with Crippen LogP contribution in [0.5, 0.6) is 0 Å². The van der Waals surface area contributed by atoms with Gasteiger partial charge in [0.25, 0.3) is 0 Å². The molecule has 3 heterocycles. The Balaban J connectivity index is 1.30. The van der Waals surface area contributed by atoms with E-state index in [1.807, 2.05) is 12.1 Å². The second kappa shape index (κ2) is 10.2. The van der Waals surface area contributed by atoms with Gasteiger partial charge in [0.15, 0.2) is 0 Å². The highest BCUT2D eigenvalue weighted by Gasteiger charge is 2.24. The van der Waals surface area contributed by atoms with Crippen LogP contribution in [0.15, 0.2) is 47.4 Å². The summed E-state index contributed by atoms with van der Waals surface area (Å²) in [6, 6.07) is 14.2. The van der Waals surface area contributed by atoms with Gasteiger partial charge in [-0.05, 0) is 59.8 Å². The van der Waals surface area contributed by atoms with E-state index in [2.05, 4.69) is 55.1 Å². The van der Waals surface area contributed by atoms with Crippen molar-refractivity contribution < 1.29 is 8.95 Å². The summed E-state index contributed by atoms with van der Waals surface area (Å²) in [4.78, 5) is 3.01. The zero-order valence-corrected chi connectivity index (χ0v) is 19.3. The largest absolute Gasteiger partial charge is 0.374 e. The summed E-state index contributed by atoms with van der Waals surface area (Å²) in [5.41, 5.74) is 3.89. The van der Waals surface area contributed by atoms with Crippen LogP contribution in [0.4, 0.5) is 0 Å². The molecule has 0 radical (unpaired) electrons. The fourth-order valence-corrected chi connectivity index (χ4v) is 5.46. The summed E-state index contributed by atoms with van der Waals surface area (Å²) in [5, 5.41) is 23.5. The van der Waals surface area contributed by atoms with Crippen molar-refractivity contribution in [2.45, 2.75) is 29.8 Å². The van der Waals surface area contributed by atoms with E-state index < -0.39 is 11.0 Å². The summed E-state index contributed by atoms with van der Waals surface area (Å²) in [7, 11) is -1.66. The highest BCUT2D eigenvalue weighted by atomic mass is 32.2. The number of aromatic amines is 1. The van der Waals surface area contributed by atoms with Gasteiger partial charge in [0, 0.05) is 25.2 Å². The first kappa shape index (κ1) is 22.3. The maximum atomic E-state index is 12.1. The van der Waals surface area contributed by atoms with Crippen LogP contribution in [0.1, 0.15) is 24.3 Å². The molecule has 2 atom stereocenters. The van der Waals surface area contributed by atoms with Crippen molar-refractivity contribution >= 4 is 11.0 Å². The third kappa shape index (κ3) is 5.04. The van der Waals surface area contributed by atoms with E-state index in [0.29, 0.717) is 28.3 Å². The predicted octanol–water partition coefficient (Wildman–Crippen LogP) is 1.68. The lowest BCUT2D eigenvalue weighted by Gasteiger charge is -2.35. The van der Waals surface area contributed by atoms with E-state index in [-0.39, 0.29) is 0 Å². The van der Waals surface area contributed by atoms with Gasteiger partial charge < -0.3 is 15.0 Å². The molecule has 174 valence electrons. The van der Waals surface area contributed by atoms with E-state index in [4.69, 9.17) is 9.88 Å². The van der Waals surface area contributed by atoms with Crippen molar-refractivity contribution in [2.24, 2.45) is 5.14 Å². The fourth-order valence-electron chi connectivity index (χ4n) is 4.85. The third-order valence-corrected chi connectivity index (χ3v) is 7.33. The first-order valence-electron chi connectivity index (χ1n) is 11.4. The highest BCUT2D eigenvalue weighted by molar-refractivity contribution is 7.82. The van der Waals surface area contributed by atoms with E-state index >= 15 is 0 Å². The summed E-state index contributed by atoms with van der Waals surface area (Å²) in [6.07, 6.45) is 2.60. The van der Waals surface area contributed by atoms with Crippen LogP contribution in [0.2, 0.25) is 0 Å². The van der Waals surface area contributed by atoms with E-state index in [0.717, 1.165) is 63.3 Å². The van der Waals surface area contributed by atoms with Crippen LogP contribution in [0.25, 0.3) is 22.5 Å². The molecule has 2 aliphatic rings. The Morgan fingerprint density at radius 3 is 2.64 bits per heavy atom. The molecule has 10 heteroatoms. The molecule has 2 unspecified atom stereocenters. The third-order valence-electron chi connectivity index (χ3n) is 6.56. The number of aromatic nitrogens is 4. The zero-order valence-electron chi connectivity index (χ0n) is 18.4. The standard InChI is InChI=1S/C23H29N7O2S/c24-33(31)21-3-1-2-20(22(21)23-26-28-29-27-23)18-6-4-16(5-7-18)17-8-11-30(12-9-17)15-19-14-25-10-13-32-19/h1-7,17,19,25H,8-15,24H2,(H,26,27,28,29). The lowest BCUT2D eigenvalue weighted by Crippen LogP contribution is -2.47. The zero-order chi connectivity index (χ0) is 22.6. The van der Waals surface area contributed by atoms with Gasteiger partial charge in [-0.15, -0.1) is 10.2 Å². The average Bonchev–Trinajstić information content (AvgIpc) is 3.40. The van der Waals surface area contributed by atoms with Crippen LogP contribution in [0, 0.1) is 0 Å². The number of H-pyrrole nitrogens is 1. The van der Waals surface area contributed by atoms with Crippen molar-refractivity contribution in [3.63, 3.8) is 0 Å². The smallest absolute Gasteiger partial charge is 0.206 e. The van der Waals surface area contributed by atoms with Crippen molar-refractivity contribution in [1.82, 2.24) is 30.8 Å². The van der Waals surface area contributed by atoms with Crippen LogP contribution in [-0.2, 0) is 15.7 Å². The molecule has 0 spiro atoms. The number of hydrogen-bond acceptors (Lipinski definition) is 7. The molecule has 1 aromatic heterocycles. The number of ether oxygens (including phenoxy) is 1. The number of likely N-dealkylation sites (tertiary alicyclic amines) is 1. The maximum absolute atomic E-state index is 12.1. The number of piperidine rings is 1. The topological polar surface area (TPSA) is 122 Å². The number of tetrazole rings is 1. The molecule has 2 aromatic carbocycles. The van der Waals surface area contributed by atoms with Crippen LogP contribution >= 0.6 is 0 Å². The summed E-state index contributed by atoms with van der Waals surface area (Å²) < 4.78 is 18.0. The minimum absolute atomic E-state index is 0.307. The van der Waals surface area contributed by atoms with Gasteiger partial charge in [0.05, 0.1) is 17.6 Å². The molecule has 2 aliphatic heterocycles. The molecule has 2 fully saturated rings. The van der Waals surface area contributed by atoms with E-state index in [9.17, 15) is 4.21 Å². The summed E-state index contributed by atoms with van der Waals surface area (Å²) >= 11 is 0. The molecule has 0 amide bonds. The number of morpholine rings is 1. The van der Waals surface area contributed by atoms with Gasteiger partial charge in [0.2, 0.25) is 5.82 Å². The van der Waals surface area contributed by atoms with E-state index in [1.165, 1.54) is 5.56 Å². The van der Waals surface area contributed by atoms with Crippen molar-refractivity contribution in [3.05, 3.63) is 48.0 Å². The molecule has 5 rings (SSSR count). The predicted molar refractivity (Wildman–Crippen MR) is 127 cm³/mol. The van der Waals surface area contributed by atoms with Gasteiger partial charge in [-0.25, -0.2) is 9.35 Å². The normalized spacial score (nSPS) is 21.2. The lowest BCUT2D eigenvalue weighted by atomic mass is 9.88. The molecule has 9 nitrogen and oxygen atoms in total. The first-order valence-corrected chi connectivity index (χ1v) is 12.6. The van der Waals surface area contributed by atoms with Crippen LogP contribution in [0.3, 0.4) is 0 Å². The summed E-state index contributed by atoms with van der Waals surface area (Å²) in [5.74, 6) is 0.938. The Morgan fingerprint density at radius 1 is 1.15 bits per heavy atom. The van der Waals surface area contributed by atoms with Crippen molar-refractivity contribution in [1.29, 1.82) is 0 Å². The number of hydrogen-bond donors (Lipinski definition) is 3.